The van der Waals surface area contributed by atoms with Gasteiger partial charge in [-0.2, -0.15) is 0 Å². The number of carboxylic acids is 1. The molecule has 6 heteroatoms. The van der Waals surface area contributed by atoms with Crippen molar-refractivity contribution in [3.8, 4) is 0 Å². The molecular formula is C10H21N3O3. The molecule has 16 heavy (non-hydrogen) atoms. The van der Waals surface area contributed by atoms with Crippen LogP contribution in [0.3, 0.4) is 0 Å². The molecule has 0 aliphatic rings. The molecule has 6 nitrogen and oxygen atoms in total. The molecule has 2 atom stereocenters. The fraction of sp³-hybridized carbons (Fsp3) is 0.800. The van der Waals surface area contributed by atoms with Crippen molar-refractivity contribution in [1.29, 1.82) is 0 Å². The van der Waals surface area contributed by atoms with Crippen LogP contribution < -0.4 is 16.4 Å². The van der Waals surface area contributed by atoms with Crippen LogP contribution in [0.15, 0.2) is 0 Å². The molecule has 0 saturated carbocycles. The highest BCUT2D eigenvalue weighted by Crippen LogP contribution is 2.03. The fourth-order valence-electron chi connectivity index (χ4n) is 1.44. The van der Waals surface area contributed by atoms with Gasteiger partial charge in [0.25, 0.3) is 0 Å². The third kappa shape index (κ3) is 5.67. The van der Waals surface area contributed by atoms with Crippen LogP contribution >= 0.6 is 0 Å². The third-order valence-corrected chi connectivity index (χ3v) is 2.27. The van der Waals surface area contributed by atoms with Gasteiger partial charge in [-0.25, -0.2) is 0 Å². The molecule has 0 aromatic carbocycles. The van der Waals surface area contributed by atoms with E-state index in [1.165, 1.54) is 0 Å². The van der Waals surface area contributed by atoms with E-state index in [9.17, 15) is 9.59 Å². The summed E-state index contributed by atoms with van der Waals surface area (Å²) in [5, 5.41) is 14.6. The van der Waals surface area contributed by atoms with Gasteiger partial charge in [0, 0.05) is 6.04 Å². The summed E-state index contributed by atoms with van der Waals surface area (Å²) in [6.07, 6.45) is 0.768. The molecule has 0 aliphatic carbocycles. The molecule has 0 aromatic rings. The summed E-state index contributed by atoms with van der Waals surface area (Å²) in [6, 6.07) is -1.03. The Balaban J connectivity index is 4.20. The highest BCUT2D eigenvalue weighted by molar-refractivity contribution is 5.80. The predicted molar refractivity (Wildman–Crippen MR) is 61.0 cm³/mol. The first-order chi connectivity index (χ1) is 7.38. The van der Waals surface area contributed by atoms with Crippen molar-refractivity contribution >= 4 is 11.9 Å². The summed E-state index contributed by atoms with van der Waals surface area (Å²) in [4.78, 5) is 21.8. The molecule has 0 fully saturated rings. The number of nitrogens with two attached hydrogens (primary N) is 1. The average molecular weight is 231 g/mol. The first-order valence-electron chi connectivity index (χ1n) is 5.34. The zero-order chi connectivity index (χ0) is 12.7. The molecule has 0 aromatic heterocycles. The minimum absolute atomic E-state index is 0.0858. The average Bonchev–Trinajstić information content (AvgIpc) is 2.15. The molecule has 5 N–H and O–H groups in total. The van der Waals surface area contributed by atoms with Crippen LogP contribution in [0, 0.1) is 0 Å². The van der Waals surface area contributed by atoms with Crippen LogP contribution in [0.1, 0.15) is 26.7 Å². The number of nitrogens with one attached hydrogen (secondary N) is 2. The van der Waals surface area contributed by atoms with Gasteiger partial charge in [0.2, 0.25) is 5.91 Å². The molecule has 94 valence electrons. The van der Waals surface area contributed by atoms with E-state index in [2.05, 4.69) is 10.6 Å². The zero-order valence-corrected chi connectivity index (χ0v) is 9.99. The molecule has 1 amide bonds. The molecular weight excluding hydrogens is 210 g/mol. The first-order valence-corrected chi connectivity index (χ1v) is 5.34. The number of carboxylic acid groups (broad SMARTS) is 1. The lowest BCUT2D eigenvalue weighted by Crippen LogP contribution is -2.44. The van der Waals surface area contributed by atoms with Crippen molar-refractivity contribution in [1.82, 2.24) is 10.6 Å². The summed E-state index contributed by atoms with van der Waals surface area (Å²) < 4.78 is 0. The van der Waals surface area contributed by atoms with Crippen LogP contribution in [-0.2, 0) is 9.59 Å². The van der Waals surface area contributed by atoms with Crippen molar-refractivity contribution in [3.63, 3.8) is 0 Å². The van der Waals surface area contributed by atoms with Gasteiger partial charge < -0.3 is 21.5 Å². The maximum absolute atomic E-state index is 10.9. The number of likely N-dealkylation sites (N-methyl/N-ethyl adjacent to an activating group) is 1. The van der Waals surface area contributed by atoms with E-state index in [0.29, 0.717) is 12.8 Å². The standard InChI is InChI=1S/C10H21N3O3/c1-6(2)13-8(10(15)16)5-4-7(12-3)9(11)14/h6-8,12-13H,4-5H2,1-3H3,(H2,11,14)(H,15,16). The lowest BCUT2D eigenvalue weighted by atomic mass is 10.1. The fourth-order valence-corrected chi connectivity index (χ4v) is 1.44. The second kappa shape index (κ2) is 7.19. The van der Waals surface area contributed by atoms with Gasteiger partial charge in [-0.1, -0.05) is 13.8 Å². The highest BCUT2D eigenvalue weighted by atomic mass is 16.4. The molecule has 0 radical (unpaired) electrons. The van der Waals surface area contributed by atoms with Gasteiger partial charge in [-0.3, -0.25) is 9.59 Å². The summed E-state index contributed by atoms with van der Waals surface area (Å²) in [5.41, 5.74) is 5.14. The Hall–Kier alpha value is -1.14. The number of rotatable bonds is 8. The molecule has 0 heterocycles. The lowest BCUT2D eigenvalue weighted by molar-refractivity contribution is -0.140. The van der Waals surface area contributed by atoms with Crippen molar-refractivity contribution in [2.24, 2.45) is 5.73 Å². The maximum atomic E-state index is 10.9. The van der Waals surface area contributed by atoms with Gasteiger partial charge in [-0.15, -0.1) is 0 Å². The van der Waals surface area contributed by atoms with E-state index >= 15 is 0 Å². The van der Waals surface area contributed by atoms with Crippen molar-refractivity contribution in [2.75, 3.05) is 7.05 Å². The Morgan fingerprint density at radius 2 is 1.75 bits per heavy atom. The van der Waals surface area contributed by atoms with Crippen molar-refractivity contribution in [2.45, 2.75) is 44.8 Å². The summed E-state index contributed by atoms with van der Waals surface area (Å²) in [5.74, 6) is -1.37. The van der Waals surface area contributed by atoms with Crippen LogP contribution in [0.25, 0.3) is 0 Å². The molecule has 2 unspecified atom stereocenters. The van der Waals surface area contributed by atoms with Crippen LogP contribution in [0.2, 0.25) is 0 Å². The number of aliphatic carboxylic acids is 1. The van der Waals surface area contributed by atoms with Gasteiger partial charge in [0.05, 0.1) is 6.04 Å². The summed E-state index contributed by atoms with van der Waals surface area (Å²) in [7, 11) is 1.63. The number of hydrogen-bond donors (Lipinski definition) is 4. The summed E-state index contributed by atoms with van der Waals surface area (Å²) in [6.45, 7) is 3.75. The quantitative estimate of drug-likeness (QED) is 0.442. The van der Waals surface area contributed by atoms with Crippen molar-refractivity contribution in [3.05, 3.63) is 0 Å². The number of hydrogen-bond acceptors (Lipinski definition) is 4. The lowest BCUT2D eigenvalue weighted by Gasteiger charge is -2.19. The van der Waals surface area contributed by atoms with Gasteiger partial charge >= 0.3 is 5.97 Å². The van der Waals surface area contributed by atoms with Crippen molar-refractivity contribution < 1.29 is 14.7 Å². The molecule has 0 rings (SSSR count). The SMILES string of the molecule is CNC(CCC(NC(C)C)C(=O)O)C(N)=O. The maximum Gasteiger partial charge on any atom is 0.320 e. The third-order valence-electron chi connectivity index (χ3n) is 2.27. The topological polar surface area (TPSA) is 104 Å². The Labute approximate surface area is 95.6 Å². The second-order valence-electron chi connectivity index (χ2n) is 4.03. The van der Waals surface area contributed by atoms with E-state index in [1.807, 2.05) is 13.8 Å². The zero-order valence-electron chi connectivity index (χ0n) is 9.99. The minimum atomic E-state index is -0.909. The van der Waals surface area contributed by atoms with Crippen LogP contribution in [-0.4, -0.2) is 42.2 Å². The van der Waals surface area contributed by atoms with E-state index in [1.54, 1.807) is 7.05 Å². The Kier molecular flexibility index (Phi) is 6.67. The highest BCUT2D eigenvalue weighted by Gasteiger charge is 2.21. The number of carbonyl (C=O) groups excluding carboxylic acids is 1. The molecule has 0 spiro atoms. The number of carbonyl (C=O) groups is 2. The predicted octanol–water partition coefficient (Wildman–Crippen LogP) is -0.709. The van der Waals surface area contributed by atoms with E-state index in [-0.39, 0.29) is 6.04 Å². The first kappa shape index (κ1) is 14.9. The summed E-state index contributed by atoms with van der Waals surface area (Å²) >= 11 is 0. The Bertz CT molecular complexity index is 243. The van der Waals surface area contributed by atoms with Gasteiger partial charge in [0.1, 0.15) is 6.04 Å². The van der Waals surface area contributed by atoms with Crippen LogP contribution in [0.5, 0.6) is 0 Å². The van der Waals surface area contributed by atoms with Gasteiger partial charge in [0.15, 0.2) is 0 Å². The number of primary amides is 1. The largest absolute Gasteiger partial charge is 0.480 e. The molecule has 0 bridgehead atoms. The van der Waals surface area contributed by atoms with E-state index < -0.39 is 24.0 Å². The van der Waals surface area contributed by atoms with Crippen LogP contribution in [0.4, 0.5) is 0 Å². The smallest absolute Gasteiger partial charge is 0.320 e. The minimum Gasteiger partial charge on any atom is -0.480 e. The molecule has 0 aliphatic heterocycles. The Morgan fingerprint density at radius 1 is 1.25 bits per heavy atom. The van der Waals surface area contributed by atoms with E-state index in [0.717, 1.165) is 0 Å². The van der Waals surface area contributed by atoms with E-state index in [4.69, 9.17) is 10.8 Å². The molecule has 0 saturated heterocycles. The second-order valence-corrected chi connectivity index (χ2v) is 4.03. The normalized spacial score (nSPS) is 14.8. The number of amides is 1. The van der Waals surface area contributed by atoms with Gasteiger partial charge in [-0.05, 0) is 19.9 Å². The Morgan fingerprint density at radius 3 is 2.06 bits per heavy atom. The monoisotopic (exact) mass is 231 g/mol.